The van der Waals surface area contributed by atoms with Gasteiger partial charge in [0.1, 0.15) is 5.82 Å². The van der Waals surface area contributed by atoms with Gasteiger partial charge in [0.2, 0.25) is 0 Å². The van der Waals surface area contributed by atoms with Crippen molar-refractivity contribution >= 4 is 16.8 Å². The minimum atomic E-state index is -1.16. The Bertz CT molecular complexity index is 1070. The molecule has 0 spiro atoms. The molecule has 0 unspecified atom stereocenters. The summed E-state index contributed by atoms with van der Waals surface area (Å²) in [6.07, 6.45) is 7.83. The Labute approximate surface area is 169 Å². The molecule has 0 heterocycles. The van der Waals surface area contributed by atoms with Crippen molar-refractivity contribution in [1.29, 1.82) is 0 Å². The fraction of sp³-hybridized carbons (Fsp3) is 0.231. The van der Waals surface area contributed by atoms with Crippen molar-refractivity contribution in [1.82, 2.24) is 0 Å². The van der Waals surface area contributed by atoms with Crippen LogP contribution in [0.2, 0.25) is 0 Å². The molecule has 1 aliphatic rings. The van der Waals surface area contributed by atoms with E-state index in [0.717, 1.165) is 25.7 Å². The summed E-state index contributed by atoms with van der Waals surface area (Å²) in [5.41, 5.74) is 2.10. The maximum atomic E-state index is 14.8. The zero-order valence-corrected chi connectivity index (χ0v) is 16.2. The van der Waals surface area contributed by atoms with Crippen LogP contribution in [-0.4, -0.2) is 0 Å². The summed E-state index contributed by atoms with van der Waals surface area (Å²) in [5.74, 6) is -1.89. The molecule has 0 amide bonds. The molecule has 0 aromatic heterocycles. The first-order valence-electron chi connectivity index (χ1n) is 9.99. The molecule has 3 heteroatoms. The Morgan fingerprint density at radius 2 is 1.48 bits per heavy atom. The minimum absolute atomic E-state index is 0.141. The molecule has 3 aromatic rings. The normalized spacial score (nSPS) is 19.3. The van der Waals surface area contributed by atoms with Crippen LogP contribution in [-0.2, 0) is 0 Å². The van der Waals surface area contributed by atoms with Crippen molar-refractivity contribution < 1.29 is 13.2 Å². The third kappa shape index (κ3) is 3.50. The highest BCUT2D eigenvalue weighted by atomic mass is 19.2. The topological polar surface area (TPSA) is 0 Å². The van der Waals surface area contributed by atoms with Crippen LogP contribution in [0.3, 0.4) is 0 Å². The van der Waals surface area contributed by atoms with E-state index >= 15 is 0 Å². The predicted octanol–water partition coefficient (Wildman–Crippen LogP) is 8.03. The van der Waals surface area contributed by atoms with Crippen LogP contribution in [0.1, 0.15) is 42.7 Å². The van der Waals surface area contributed by atoms with Gasteiger partial charge < -0.3 is 0 Å². The Balaban J connectivity index is 1.69. The van der Waals surface area contributed by atoms with Crippen molar-refractivity contribution in [3.63, 3.8) is 0 Å². The lowest BCUT2D eigenvalue weighted by atomic mass is 9.78. The maximum Gasteiger partial charge on any atom is 0.170 e. The molecule has 0 aliphatic heterocycles. The van der Waals surface area contributed by atoms with Gasteiger partial charge in [-0.2, -0.15) is 0 Å². The van der Waals surface area contributed by atoms with E-state index < -0.39 is 17.5 Å². The van der Waals surface area contributed by atoms with E-state index in [1.165, 1.54) is 23.8 Å². The van der Waals surface area contributed by atoms with E-state index in [1.54, 1.807) is 6.07 Å². The SMILES string of the molecule is C=Cc1ccc2cc(-c3ccc(C4CCC(C=C)CC4)cc3)c(F)c(F)c2c1F. The lowest BCUT2D eigenvalue weighted by molar-refractivity contribution is 0.376. The van der Waals surface area contributed by atoms with E-state index in [4.69, 9.17) is 0 Å². The van der Waals surface area contributed by atoms with Gasteiger partial charge in [-0.1, -0.05) is 55.1 Å². The predicted molar refractivity (Wildman–Crippen MR) is 114 cm³/mol. The van der Waals surface area contributed by atoms with Gasteiger partial charge in [0.25, 0.3) is 0 Å². The van der Waals surface area contributed by atoms with Crippen LogP contribution in [0.15, 0.2) is 61.7 Å². The van der Waals surface area contributed by atoms with Crippen LogP contribution < -0.4 is 0 Å². The first kappa shape index (κ1) is 19.5. The van der Waals surface area contributed by atoms with E-state index in [2.05, 4.69) is 13.2 Å². The molecular formula is C26H23F3. The van der Waals surface area contributed by atoms with Crippen molar-refractivity contribution in [3.8, 4) is 11.1 Å². The van der Waals surface area contributed by atoms with Crippen molar-refractivity contribution in [2.45, 2.75) is 31.6 Å². The summed E-state index contributed by atoms with van der Waals surface area (Å²) >= 11 is 0. The van der Waals surface area contributed by atoms with Gasteiger partial charge in [-0.15, -0.1) is 6.58 Å². The monoisotopic (exact) mass is 392 g/mol. The van der Waals surface area contributed by atoms with Crippen LogP contribution >= 0.6 is 0 Å². The van der Waals surface area contributed by atoms with Crippen LogP contribution in [0, 0.1) is 23.4 Å². The molecular weight excluding hydrogens is 369 g/mol. The molecule has 4 rings (SSSR count). The summed E-state index contributed by atoms with van der Waals surface area (Å²) in [6.45, 7) is 7.40. The average molecular weight is 392 g/mol. The fourth-order valence-electron chi connectivity index (χ4n) is 4.39. The molecule has 0 atom stereocenters. The summed E-state index contributed by atoms with van der Waals surface area (Å²) in [4.78, 5) is 0. The summed E-state index contributed by atoms with van der Waals surface area (Å²) in [7, 11) is 0. The Hall–Kier alpha value is -2.81. The van der Waals surface area contributed by atoms with E-state index in [9.17, 15) is 13.2 Å². The maximum absolute atomic E-state index is 14.8. The number of rotatable bonds is 4. The van der Waals surface area contributed by atoms with Gasteiger partial charge in [0.05, 0.1) is 5.39 Å². The number of allylic oxidation sites excluding steroid dienone is 1. The second-order valence-electron chi connectivity index (χ2n) is 7.79. The second kappa shape index (κ2) is 7.90. The van der Waals surface area contributed by atoms with Gasteiger partial charge in [0.15, 0.2) is 11.6 Å². The van der Waals surface area contributed by atoms with Crippen LogP contribution in [0.4, 0.5) is 13.2 Å². The van der Waals surface area contributed by atoms with Gasteiger partial charge in [-0.3, -0.25) is 0 Å². The van der Waals surface area contributed by atoms with Crippen LogP contribution in [0.5, 0.6) is 0 Å². The largest absolute Gasteiger partial charge is 0.206 e. The van der Waals surface area contributed by atoms with Gasteiger partial charge >= 0.3 is 0 Å². The van der Waals surface area contributed by atoms with E-state index in [-0.39, 0.29) is 16.5 Å². The average Bonchev–Trinajstić information content (AvgIpc) is 2.76. The zero-order chi connectivity index (χ0) is 20.5. The summed E-state index contributed by atoms with van der Waals surface area (Å²) in [5, 5.41) is -0.00641. The highest BCUT2D eigenvalue weighted by Crippen LogP contribution is 2.38. The van der Waals surface area contributed by atoms with E-state index in [0.29, 0.717) is 22.8 Å². The molecule has 3 aromatic carbocycles. The third-order valence-electron chi connectivity index (χ3n) is 6.17. The first-order valence-corrected chi connectivity index (χ1v) is 9.99. The van der Waals surface area contributed by atoms with Crippen molar-refractivity contribution in [2.75, 3.05) is 0 Å². The number of fused-ring (bicyclic) bond motifs is 1. The van der Waals surface area contributed by atoms with Crippen LogP contribution in [0.25, 0.3) is 28.0 Å². The smallest absolute Gasteiger partial charge is 0.170 e. The van der Waals surface area contributed by atoms with Crippen molar-refractivity contribution in [3.05, 3.63) is 90.3 Å². The standard InChI is InChI=1S/C26H23F3/c1-3-16-5-7-18(8-6-16)19-10-12-20(13-11-19)22-15-21-14-9-17(4-2)24(27)23(21)26(29)25(22)28/h3-4,9-16,18H,1-2,5-8H2. The van der Waals surface area contributed by atoms with E-state index in [1.807, 2.05) is 30.3 Å². The lowest BCUT2D eigenvalue weighted by Gasteiger charge is -2.27. The number of benzene rings is 3. The molecule has 0 saturated heterocycles. The highest BCUT2D eigenvalue weighted by molar-refractivity contribution is 5.90. The Morgan fingerprint density at radius 1 is 0.793 bits per heavy atom. The molecule has 0 bridgehead atoms. The number of hydrogen-bond donors (Lipinski definition) is 0. The molecule has 0 nitrogen and oxygen atoms in total. The Morgan fingerprint density at radius 3 is 2.10 bits per heavy atom. The number of halogens is 3. The van der Waals surface area contributed by atoms with Gasteiger partial charge in [-0.05, 0) is 60.1 Å². The number of hydrogen-bond acceptors (Lipinski definition) is 0. The summed E-state index contributed by atoms with van der Waals surface area (Å²) < 4.78 is 44.0. The quantitative estimate of drug-likeness (QED) is 0.394. The molecule has 1 saturated carbocycles. The molecule has 1 fully saturated rings. The Kier molecular flexibility index (Phi) is 5.31. The zero-order valence-electron chi connectivity index (χ0n) is 16.2. The molecule has 29 heavy (non-hydrogen) atoms. The van der Waals surface area contributed by atoms with Gasteiger partial charge in [-0.25, -0.2) is 13.2 Å². The van der Waals surface area contributed by atoms with Crippen molar-refractivity contribution in [2.24, 2.45) is 5.92 Å². The lowest BCUT2D eigenvalue weighted by Crippen LogP contribution is -2.11. The molecule has 0 N–H and O–H groups in total. The molecule has 0 radical (unpaired) electrons. The van der Waals surface area contributed by atoms with Gasteiger partial charge in [0, 0.05) is 11.1 Å². The highest BCUT2D eigenvalue weighted by Gasteiger charge is 2.22. The second-order valence-corrected chi connectivity index (χ2v) is 7.79. The minimum Gasteiger partial charge on any atom is -0.206 e. The summed E-state index contributed by atoms with van der Waals surface area (Å²) in [6, 6.07) is 12.3. The third-order valence-corrected chi connectivity index (χ3v) is 6.17. The molecule has 148 valence electrons. The molecule has 1 aliphatic carbocycles. The fourth-order valence-corrected chi connectivity index (χ4v) is 4.39. The first-order chi connectivity index (χ1) is 14.0.